The van der Waals surface area contributed by atoms with Gasteiger partial charge in [0.2, 0.25) is 5.76 Å². The average Bonchev–Trinajstić information content (AvgIpc) is 3.22. The lowest BCUT2D eigenvalue weighted by atomic mass is 10.1. The highest BCUT2D eigenvalue weighted by molar-refractivity contribution is 5.92. The number of carbonyl (C=O) groups excluding carboxylic acids is 1. The van der Waals surface area contributed by atoms with Crippen LogP contribution in [0, 0.1) is 0 Å². The van der Waals surface area contributed by atoms with E-state index in [1.54, 1.807) is 11.0 Å². The number of aromatic nitrogens is 1. The van der Waals surface area contributed by atoms with Gasteiger partial charge >= 0.3 is 0 Å². The van der Waals surface area contributed by atoms with Crippen LogP contribution in [0.15, 0.2) is 28.8 Å². The predicted octanol–water partition coefficient (Wildman–Crippen LogP) is 2.12. The summed E-state index contributed by atoms with van der Waals surface area (Å²) < 4.78 is 10.7. The standard InChI is InChI=1S/C17H20N2O4/c1-2-6-19(7-8-20)17(21)16-11-14(18-23-16)12-3-4-15-13(10-12)5-9-22-15/h3-4,10-11,20H,2,5-9H2,1H3. The minimum atomic E-state index is -0.246. The van der Waals surface area contributed by atoms with E-state index >= 15 is 0 Å². The van der Waals surface area contributed by atoms with Gasteiger partial charge in [-0.25, -0.2) is 0 Å². The molecule has 1 N–H and O–H groups in total. The van der Waals surface area contributed by atoms with Crippen LogP contribution in [0.2, 0.25) is 0 Å². The monoisotopic (exact) mass is 316 g/mol. The maximum absolute atomic E-state index is 12.4. The van der Waals surface area contributed by atoms with E-state index in [9.17, 15) is 4.79 Å². The van der Waals surface area contributed by atoms with Crippen molar-refractivity contribution >= 4 is 5.91 Å². The molecule has 0 aliphatic carbocycles. The fourth-order valence-corrected chi connectivity index (χ4v) is 2.72. The van der Waals surface area contributed by atoms with Gasteiger partial charge in [-0.15, -0.1) is 0 Å². The van der Waals surface area contributed by atoms with Gasteiger partial charge in [0.05, 0.1) is 13.2 Å². The molecule has 23 heavy (non-hydrogen) atoms. The lowest BCUT2D eigenvalue weighted by molar-refractivity contribution is 0.0680. The Bertz CT molecular complexity index is 690. The molecule has 0 bridgehead atoms. The zero-order valence-electron chi connectivity index (χ0n) is 13.1. The van der Waals surface area contributed by atoms with Crippen molar-refractivity contribution in [2.24, 2.45) is 0 Å². The van der Waals surface area contributed by atoms with Crippen LogP contribution in [0.3, 0.4) is 0 Å². The maximum atomic E-state index is 12.4. The van der Waals surface area contributed by atoms with Crippen molar-refractivity contribution in [3.8, 4) is 17.0 Å². The van der Waals surface area contributed by atoms with E-state index in [4.69, 9.17) is 14.4 Å². The highest BCUT2D eigenvalue weighted by Crippen LogP contribution is 2.30. The normalized spacial score (nSPS) is 12.8. The molecule has 1 aromatic carbocycles. The zero-order chi connectivity index (χ0) is 16.2. The summed E-state index contributed by atoms with van der Waals surface area (Å²) in [5.74, 6) is 0.855. The van der Waals surface area contributed by atoms with Crippen LogP contribution in [-0.4, -0.2) is 47.4 Å². The van der Waals surface area contributed by atoms with Gasteiger partial charge in [-0.05, 0) is 30.2 Å². The highest BCUT2D eigenvalue weighted by atomic mass is 16.5. The van der Waals surface area contributed by atoms with Crippen LogP contribution < -0.4 is 4.74 Å². The Morgan fingerprint density at radius 2 is 2.22 bits per heavy atom. The van der Waals surface area contributed by atoms with Crippen LogP contribution >= 0.6 is 0 Å². The molecule has 3 rings (SSSR count). The molecule has 0 spiro atoms. The lowest BCUT2D eigenvalue weighted by Crippen LogP contribution is -2.34. The molecule has 0 saturated heterocycles. The molecule has 0 fully saturated rings. The number of nitrogens with zero attached hydrogens (tertiary/aromatic N) is 2. The first-order chi connectivity index (χ1) is 11.2. The van der Waals surface area contributed by atoms with Gasteiger partial charge in [0.1, 0.15) is 11.4 Å². The number of amides is 1. The summed E-state index contributed by atoms with van der Waals surface area (Å²) in [4.78, 5) is 14.0. The molecule has 0 unspecified atom stereocenters. The smallest absolute Gasteiger partial charge is 0.292 e. The Kier molecular flexibility index (Phi) is 4.62. The van der Waals surface area contributed by atoms with E-state index < -0.39 is 0 Å². The summed E-state index contributed by atoms with van der Waals surface area (Å²) in [5, 5.41) is 13.1. The van der Waals surface area contributed by atoms with Crippen molar-refractivity contribution in [1.82, 2.24) is 10.1 Å². The first kappa shape index (κ1) is 15.6. The molecule has 1 aliphatic heterocycles. The Morgan fingerprint density at radius 1 is 1.35 bits per heavy atom. The van der Waals surface area contributed by atoms with Gasteiger partial charge in [-0.3, -0.25) is 4.79 Å². The molecule has 2 aromatic rings. The first-order valence-electron chi connectivity index (χ1n) is 7.86. The van der Waals surface area contributed by atoms with Crippen LogP contribution in [0.5, 0.6) is 5.75 Å². The van der Waals surface area contributed by atoms with Crippen LogP contribution in [-0.2, 0) is 6.42 Å². The van der Waals surface area contributed by atoms with Crippen LogP contribution in [0.4, 0.5) is 0 Å². The summed E-state index contributed by atoms with van der Waals surface area (Å²) in [6, 6.07) is 7.50. The fraction of sp³-hybridized carbons (Fsp3) is 0.412. The zero-order valence-corrected chi connectivity index (χ0v) is 13.1. The third-order valence-electron chi connectivity index (χ3n) is 3.86. The number of benzene rings is 1. The van der Waals surface area contributed by atoms with Crippen molar-refractivity contribution in [1.29, 1.82) is 0 Å². The predicted molar refractivity (Wildman–Crippen MR) is 84.4 cm³/mol. The van der Waals surface area contributed by atoms with E-state index in [0.717, 1.165) is 29.7 Å². The van der Waals surface area contributed by atoms with Gasteiger partial charge in [0.15, 0.2) is 0 Å². The molecule has 122 valence electrons. The molecule has 1 aliphatic rings. The molecule has 0 radical (unpaired) electrons. The van der Waals surface area contributed by atoms with E-state index in [2.05, 4.69) is 5.16 Å². The summed E-state index contributed by atoms with van der Waals surface area (Å²) in [5.41, 5.74) is 2.68. The lowest BCUT2D eigenvalue weighted by Gasteiger charge is -2.18. The molecule has 6 heteroatoms. The third kappa shape index (κ3) is 3.22. The van der Waals surface area contributed by atoms with E-state index in [1.807, 2.05) is 25.1 Å². The van der Waals surface area contributed by atoms with Crippen LogP contribution in [0.25, 0.3) is 11.3 Å². The number of aliphatic hydroxyl groups excluding tert-OH is 1. The quantitative estimate of drug-likeness (QED) is 0.883. The van der Waals surface area contributed by atoms with Crippen molar-refractivity contribution in [2.75, 3.05) is 26.3 Å². The third-order valence-corrected chi connectivity index (χ3v) is 3.86. The van der Waals surface area contributed by atoms with E-state index in [1.165, 1.54) is 0 Å². The first-order valence-corrected chi connectivity index (χ1v) is 7.86. The number of hydrogen-bond donors (Lipinski definition) is 1. The molecular weight excluding hydrogens is 296 g/mol. The molecule has 0 saturated carbocycles. The Balaban J connectivity index is 1.81. The summed E-state index contributed by atoms with van der Waals surface area (Å²) in [6.07, 6.45) is 1.70. The molecule has 6 nitrogen and oxygen atoms in total. The second-order valence-electron chi connectivity index (χ2n) is 5.51. The second kappa shape index (κ2) is 6.83. The number of rotatable bonds is 6. The molecule has 1 aromatic heterocycles. The minimum Gasteiger partial charge on any atom is -0.493 e. The largest absolute Gasteiger partial charge is 0.493 e. The van der Waals surface area contributed by atoms with Gasteiger partial charge in [0, 0.05) is 31.1 Å². The number of carbonyl (C=O) groups is 1. The van der Waals surface area contributed by atoms with Gasteiger partial charge < -0.3 is 19.3 Å². The van der Waals surface area contributed by atoms with Crippen molar-refractivity contribution < 1.29 is 19.2 Å². The van der Waals surface area contributed by atoms with E-state index in [-0.39, 0.29) is 18.3 Å². The number of fused-ring (bicyclic) bond motifs is 1. The number of aliphatic hydroxyl groups is 1. The second-order valence-corrected chi connectivity index (χ2v) is 5.51. The van der Waals surface area contributed by atoms with Gasteiger partial charge in [-0.2, -0.15) is 0 Å². The SMILES string of the molecule is CCCN(CCO)C(=O)c1cc(-c2ccc3c(c2)CCO3)no1. The number of ether oxygens (including phenoxy) is 1. The van der Waals surface area contributed by atoms with Crippen molar-refractivity contribution in [2.45, 2.75) is 19.8 Å². The summed E-state index contributed by atoms with van der Waals surface area (Å²) in [7, 11) is 0. The van der Waals surface area contributed by atoms with E-state index in [0.29, 0.717) is 25.4 Å². The number of hydrogen-bond acceptors (Lipinski definition) is 5. The summed E-state index contributed by atoms with van der Waals surface area (Å²) in [6.45, 7) is 3.48. The minimum absolute atomic E-state index is 0.0719. The van der Waals surface area contributed by atoms with Crippen molar-refractivity contribution in [3.05, 3.63) is 35.6 Å². The molecule has 0 atom stereocenters. The Labute approximate surface area is 134 Å². The van der Waals surface area contributed by atoms with Gasteiger partial charge in [-0.1, -0.05) is 12.1 Å². The maximum Gasteiger partial charge on any atom is 0.292 e. The fourth-order valence-electron chi connectivity index (χ4n) is 2.72. The highest BCUT2D eigenvalue weighted by Gasteiger charge is 2.21. The van der Waals surface area contributed by atoms with Gasteiger partial charge in [0.25, 0.3) is 5.91 Å². The Hall–Kier alpha value is -2.34. The average molecular weight is 316 g/mol. The topological polar surface area (TPSA) is 75.8 Å². The molecule has 1 amide bonds. The summed E-state index contributed by atoms with van der Waals surface area (Å²) >= 11 is 0. The van der Waals surface area contributed by atoms with Crippen LogP contribution in [0.1, 0.15) is 29.5 Å². The van der Waals surface area contributed by atoms with Crippen molar-refractivity contribution in [3.63, 3.8) is 0 Å². The Morgan fingerprint density at radius 3 is 3.00 bits per heavy atom. The molecule has 2 heterocycles. The molecular formula is C17H20N2O4.